The lowest BCUT2D eigenvalue weighted by molar-refractivity contribution is 0.120. The molecule has 0 saturated carbocycles. The van der Waals surface area contributed by atoms with E-state index in [2.05, 4.69) is 10.3 Å². The second kappa shape index (κ2) is 6.18. The standard InChI is InChI=1S/C12H19ClN2O/c1-8(2)11(16)7-15-9(3)10-5-4-6-14-12(10)13/h4-6,8-9,11,15-16H,7H2,1-3H3. The average Bonchev–Trinajstić information content (AvgIpc) is 2.25. The number of aliphatic hydroxyl groups is 1. The summed E-state index contributed by atoms with van der Waals surface area (Å²) in [5, 5.41) is 13.4. The van der Waals surface area contributed by atoms with Gasteiger partial charge in [-0.2, -0.15) is 0 Å². The van der Waals surface area contributed by atoms with E-state index in [4.69, 9.17) is 11.6 Å². The number of hydrogen-bond acceptors (Lipinski definition) is 3. The van der Waals surface area contributed by atoms with Gasteiger partial charge in [-0.3, -0.25) is 0 Å². The lowest BCUT2D eigenvalue weighted by Crippen LogP contribution is -2.32. The maximum atomic E-state index is 9.68. The Hall–Kier alpha value is -0.640. The lowest BCUT2D eigenvalue weighted by atomic mass is 10.1. The maximum absolute atomic E-state index is 9.68. The van der Waals surface area contributed by atoms with Gasteiger partial charge < -0.3 is 10.4 Å². The van der Waals surface area contributed by atoms with Gasteiger partial charge in [0.05, 0.1) is 6.10 Å². The van der Waals surface area contributed by atoms with E-state index in [-0.39, 0.29) is 18.1 Å². The molecule has 2 atom stereocenters. The van der Waals surface area contributed by atoms with Gasteiger partial charge in [-0.25, -0.2) is 4.98 Å². The molecule has 0 bridgehead atoms. The molecule has 0 aromatic carbocycles. The average molecular weight is 243 g/mol. The summed E-state index contributed by atoms with van der Waals surface area (Å²) in [6.07, 6.45) is 1.33. The summed E-state index contributed by atoms with van der Waals surface area (Å²) in [7, 11) is 0. The highest BCUT2D eigenvalue weighted by Crippen LogP contribution is 2.19. The third kappa shape index (κ3) is 3.74. The highest BCUT2D eigenvalue weighted by Gasteiger charge is 2.13. The summed E-state index contributed by atoms with van der Waals surface area (Å²) >= 11 is 5.98. The zero-order valence-electron chi connectivity index (χ0n) is 9.94. The van der Waals surface area contributed by atoms with Crippen LogP contribution in [0.15, 0.2) is 18.3 Å². The van der Waals surface area contributed by atoms with E-state index in [9.17, 15) is 5.11 Å². The monoisotopic (exact) mass is 242 g/mol. The fourth-order valence-corrected chi connectivity index (χ4v) is 1.65. The molecular weight excluding hydrogens is 224 g/mol. The van der Waals surface area contributed by atoms with Gasteiger partial charge in [0.15, 0.2) is 0 Å². The second-order valence-corrected chi connectivity index (χ2v) is 4.68. The highest BCUT2D eigenvalue weighted by molar-refractivity contribution is 6.30. The SMILES string of the molecule is CC(NCC(O)C(C)C)c1cccnc1Cl. The Balaban J connectivity index is 2.53. The Morgan fingerprint density at radius 2 is 2.12 bits per heavy atom. The second-order valence-electron chi connectivity index (χ2n) is 4.32. The number of aliphatic hydroxyl groups excluding tert-OH is 1. The molecule has 1 rings (SSSR count). The van der Waals surface area contributed by atoms with E-state index in [1.54, 1.807) is 6.20 Å². The predicted molar refractivity (Wildman–Crippen MR) is 66.5 cm³/mol. The normalized spacial score (nSPS) is 15.1. The molecular formula is C12H19ClN2O. The minimum absolute atomic E-state index is 0.0922. The fraction of sp³-hybridized carbons (Fsp3) is 0.583. The van der Waals surface area contributed by atoms with Crippen LogP contribution >= 0.6 is 11.6 Å². The Bertz CT molecular complexity index is 331. The molecule has 0 aliphatic rings. The number of rotatable bonds is 5. The molecule has 0 aliphatic carbocycles. The number of hydrogen-bond donors (Lipinski definition) is 2. The molecule has 0 radical (unpaired) electrons. The van der Waals surface area contributed by atoms with Crippen molar-refractivity contribution in [3.05, 3.63) is 29.0 Å². The number of halogens is 1. The van der Waals surface area contributed by atoms with Crippen LogP contribution in [-0.2, 0) is 0 Å². The van der Waals surface area contributed by atoms with Crippen LogP contribution in [0.1, 0.15) is 32.4 Å². The first-order chi connectivity index (χ1) is 7.52. The van der Waals surface area contributed by atoms with E-state index >= 15 is 0 Å². The van der Waals surface area contributed by atoms with Gasteiger partial charge in [-0.15, -0.1) is 0 Å². The molecule has 3 nitrogen and oxygen atoms in total. The molecule has 1 aromatic heterocycles. The largest absolute Gasteiger partial charge is 0.392 e. The summed E-state index contributed by atoms with van der Waals surface area (Å²) in [5.74, 6) is 0.254. The van der Waals surface area contributed by atoms with Crippen LogP contribution in [0.2, 0.25) is 5.15 Å². The van der Waals surface area contributed by atoms with E-state index < -0.39 is 0 Å². The first-order valence-electron chi connectivity index (χ1n) is 5.54. The van der Waals surface area contributed by atoms with Crippen molar-refractivity contribution >= 4 is 11.6 Å². The first kappa shape index (κ1) is 13.4. The molecule has 0 amide bonds. The van der Waals surface area contributed by atoms with Crippen molar-refractivity contribution in [3.8, 4) is 0 Å². The van der Waals surface area contributed by atoms with Gasteiger partial charge >= 0.3 is 0 Å². The summed E-state index contributed by atoms with van der Waals surface area (Å²) in [6, 6.07) is 3.89. The fourth-order valence-electron chi connectivity index (χ4n) is 1.36. The van der Waals surface area contributed by atoms with Crippen molar-refractivity contribution in [1.29, 1.82) is 0 Å². The van der Waals surface area contributed by atoms with Gasteiger partial charge in [0.25, 0.3) is 0 Å². The predicted octanol–water partition coefficient (Wildman–Crippen LogP) is 2.40. The van der Waals surface area contributed by atoms with E-state index in [1.807, 2.05) is 32.9 Å². The van der Waals surface area contributed by atoms with Gasteiger partial charge in [-0.05, 0) is 18.9 Å². The summed E-state index contributed by atoms with van der Waals surface area (Å²) in [6.45, 7) is 6.56. The van der Waals surface area contributed by atoms with Crippen LogP contribution < -0.4 is 5.32 Å². The molecule has 16 heavy (non-hydrogen) atoms. The van der Waals surface area contributed by atoms with Gasteiger partial charge in [-0.1, -0.05) is 31.5 Å². The number of nitrogens with one attached hydrogen (secondary N) is 1. The van der Waals surface area contributed by atoms with Crippen molar-refractivity contribution in [2.75, 3.05) is 6.54 Å². The summed E-state index contributed by atoms with van der Waals surface area (Å²) < 4.78 is 0. The van der Waals surface area contributed by atoms with Crippen LogP contribution in [0, 0.1) is 5.92 Å². The Labute approximate surface area is 102 Å². The smallest absolute Gasteiger partial charge is 0.133 e. The third-order valence-corrected chi connectivity index (χ3v) is 2.97. The maximum Gasteiger partial charge on any atom is 0.133 e. The molecule has 0 saturated heterocycles. The Kier molecular flexibility index (Phi) is 5.19. The zero-order valence-corrected chi connectivity index (χ0v) is 10.7. The molecule has 0 fully saturated rings. The van der Waals surface area contributed by atoms with Crippen LogP contribution in [0.5, 0.6) is 0 Å². The lowest BCUT2D eigenvalue weighted by Gasteiger charge is -2.19. The van der Waals surface area contributed by atoms with Crippen LogP contribution in [0.4, 0.5) is 0 Å². The number of aromatic nitrogens is 1. The number of pyridine rings is 1. The van der Waals surface area contributed by atoms with Gasteiger partial charge in [0.1, 0.15) is 5.15 Å². The minimum atomic E-state index is -0.335. The summed E-state index contributed by atoms with van der Waals surface area (Å²) in [5.41, 5.74) is 0.958. The number of nitrogens with zero attached hydrogens (tertiary/aromatic N) is 1. The molecule has 4 heteroatoms. The van der Waals surface area contributed by atoms with E-state index in [0.29, 0.717) is 11.7 Å². The van der Waals surface area contributed by atoms with Gasteiger partial charge in [0.2, 0.25) is 0 Å². The Morgan fingerprint density at radius 1 is 1.44 bits per heavy atom. The van der Waals surface area contributed by atoms with Gasteiger partial charge in [0, 0.05) is 24.3 Å². The molecule has 2 N–H and O–H groups in total. The van der Waals surface area contributed by atoms with E-state index in [1.165, 1.54) is 0 Å². The third-order valence-electron chi connectivity index (χ3n) is 2.66. The molecule has 2 unspecified atom stereocenters. The van der Waals surface area contributed by atoms with Crippen molar-refractivity contribution in [2.45, 2.75) is 32.9 Å². The van der Waals surface area contributed by atoms with Crippen molar-refractivity contribution in [3.63, 3.8) is 0 Å². The molecule has 0 aliphatic heterocycles. The Morgan fingerprint density at radius 3 is 2.69 bits per heavy atom. The van der Waals surface area contributed by atoms with Crippen molar-refractivity contribution in [2.24, 2.45) is 5.92 Å². The molecule has 0 spiro atoms. The molecule has 90 valence electrons. The topological polar surface area (TPSA) is 45.1 Å². The van der Waals surface area contributed by atoms with Crippen LogP contribution in [0.3, 0.4) is 0 Å². The minimum Gasteiger partial charge on any atom is -0.392 e. The summed E-state index contributed by atoms with van der Waals surface area (Å²) in [4.78, 5) is 4.03. The van der Waals surface area contributed by atoms with Crippen molar-refractivity contribution < 1.29 is 5.11 Å². The van der Waals surface area contributed by atoms with Crippen LogP contribution in [-0.4, -0.2) is 22.7 Å². The molecule has 1 aromatic rings. The van der Waals surface area contributed by atoms with E-state index in [0.717, 1.165) is 5.56 Å². The zero-order chi connectivity index (χ0) is 12.1. The molecule has 1 heterocycles. The quantitative estimate of drug-likeness (QED) is 0.780. The first-order valence-corrected chi connectivity index (χ1v) is 5.92. The van der Waals surface area contributed by atoms with Crippen molar-refractivity contribution in [1.82, 2.24) is 10.3 Å². The highest BCUT2D eigenvalue weighted by atomic mass is 35.5. The van der Waals surface area contributed by atoms with Crippen LogP contribution in [0.25, 0.3) is 0 Å².